The number of aliphatic imine (C=N–C) groups is 1. The number of thiol groups is 1. The predicted octanol–water partition coefficient (Wildman–Crippen LogP) is 7.81. The number of unbranched alkanes of at least 4 members (excludes halogenated alkanes) is 3. The van der Waals surface area contributed by atoms with Crippen molar-refractivity contribution in [2.75, 3.05) is 6.54 Å². The third-order valence-corrected chi connectivity index (χ3v) is 3.96. The summed E-state index contributed by atoms with van der Waals surface area (Å²) in [7, 11) is 0. The summed E-state index contributed by atoms with van der Waals surface area (Å²) < 4.78 is 0. The van der Waals surface area contributed by atoms with Crippen LogP contribution in [-0.2, 0) is 0 Å². The molecule has 0 aromatic heterocycles. The molecule has 0 aromatic carbocycles. The second-order valence-corrected chi connectivity index (χ2v) is 6.37. The molecule has 0 radical (unpaired) electrons. The third-order valence-electron chi connectivity index (χ3n) is 3.79. The second-order valence-electron chi connectivity index (χ2n) is 6.07. The first-order valence-electron chi connectivity index (χ1n) is 9.94. The molecule has 0 N–H and O–H groups in total. The smallest absolute Gasteiger partial charge is 0.0360 e. The topological polar surface area (TPSA) is 12.4 Å². The van der Waals surface area contributed by atoms with E-state index in [0.717, 1.165) is 25.8 Å². The Labute approximate surface area is 167 Å². The maximum Gasteiger partial charge on any atom is 0.0360 e. The van der Waals surface area contributed by atoms with Crippen molar-refractivity contribution in [2.45, 2.75) is 65.7 Å². The monoisotopic (exact) mass is 371 g/mol. The predicted molar refractivity (Wildman–Crippen MR) is 124 cm³/mol. The van der Waals surface area contributed by atoms with Crippen LogP contribution in [0.15, 0.2) is 76.7 Å². The molecule has 1 nitrogen and oxygen atoms in total. The Bertz CT molecular complexity index is 530. The van der Waals surface area contributed by atoms with E-state index < -0.39 is 0 Å². The molecule has 0 atom stereocenters. The van der Waals surface area contributed by atoms with Crippen molar-refractivity contribution in [3.8, 4) is 0 Å². The fourth-order valence-corrected chi connectivity index (χ4v) is 2.59. The van der Waals surface area contributed by atoms with Gasteiger partial charge in [-0.25, -0.2) is 0 Å². The molecule has 2 heteroatoms. The van der Waals surface area contributed by atoms with Gasteiger partial charge >= 0.3 is 0 Å². The largest absolute Gasteiger partial charge is 0.294 e. The Morgan fingerprint density at radius 2 is 1.69 bits per heavy atom. The van der Waals surface area contributed by atoms with Crippen molar-refractivity contribution < 1.29 is 0 Å². The molecule has 0 saturated carbocycles. The fraction of sp³-hybridized carbons (Fsp3) is 0.458. The van der Waals surface area contributed by atoms with E-state index in [9.17, 15) is 0 Å². The molecule has 0 aliphatic carbocycles. The highest BCUT2D eigenvalue weighted by Gasteiger charge is 1.98. The van der Waals surface area contributed by atoms with Crippen molar-refractivity contribution in [2.24, 2.45) is 4.99 Å². The van der Waals surface area contributed by atoms with Gasteiger partial charge in [-0.3, -0.25) is 4.99 Å². The zero-order valence-electron chi connectivity index (χ0n) is 16.9. The van der Waals surface area contributed by atoms with Gasteiger partial charge in [-0.05, 0) is 50.5 Å². The molecular weight excluding hydrogens is 334 g/mol. The van der Waals surface area contributed by atoms with Gasteiger partial charge in [0.1, 0.15) is 0 Å². The third kappa shape index (κ3) is 16.0. The second kappa shape index (κ2) is 19.8. The van der Waals surface area contributed by atoms with E-state index in [-0.39, 0.29) is 0 Å². The van der Waals surface area contributed by atoms with E-state index in [1.54, 1.807) is 5.41 Å². The minimum Gasteiger partial charge on any atom is -0.294 e. The standard InChI is InChI=1S/C24H37NS/c1-4-7-8-14-20-24(25-6-3)21-15-11-13-19-23(17-5-2)18-12-9-10-16-22-26/h5,9-13,16-19,22,26H,4,6-8,14-15,20-21H2,1-3H3/b10-9-,13-11+,17-5-,18-12-,22-16+,23-19+,25-24-. The van der Waals surface area contributed by atoms with Crippen LogP contribution < -0.4 is 0 Å². The Morgan fingerprint density at radius 1 is 0.885 bits per heavy atom. The number of rotatable bonds is 14. The molecule has 0 aromatic rings. The van der Waals surface area contributed by atoms with Crippen LogP contribution in [0.2, 0.25) is 0 Å². The Balaban J connectivity index is 4.46. The first kappa shape index (κ1) is 24.5. The highest BCUT2D eigenvalue weighted by atomic mass is 32.1. The molecule has 0 aliphatic rings. The van der Waals surface area contributed by atoms with Crippen molar-refractivity contribution in [1.82, 2.24) is 0 Å². The summed E-state index contributed by atoms with van der Waals surface area (Å²) in [5.74, 6) is 0. The SMILES string of the molecule is C\C=C/C(/C=C\C=C/C=C/S)=C\C=C\CC/C(CCCCCC)=N\CC. The van der Waals surface area contributed by atoms with Gasteiger partial charge < -0.3 is 0 Å². The number of nitrogens with zero attached hydrogens (tertiary/aromatic N) is 1. The van der Waals surface area contributed by atoms with Gasteiger partial charge in [-0.1, -0.05) is 86.9 Å². The zero-order valence-corrected chi connectivity index (χ0v) is 17.8. The lowest BCUT2D eigenvalue weighted by atomic mass is 10.1. The van der Waals surface area contributed by atoms with Gasteiger partial charge in [-0.2, -0.15) is 12.6 Å². The van der Waals surface area contributed by atoms with Gasteiger partial charge in [0.25, 0.3) is 0 Å². The maximum absolute atomic E-state index is 4.68. The van der Waals surface area contributed by atoms with Crippen molar-refractivity contribution in [3.05, 3.63) is 71.7 Å². The molecule has 144 valence electrons. The van der Waals surface area contributed by atoms with Crippen LogP contribution in [0.5, 0.6) is 0 Å². The van der Waals surface area contributed by atoms with Crippen LogP contribution in [0.4, 0.5) is 0 Å². The number of hydrogen-bond donors (Lipinski definition) is 1. The summed E-state index contributed by atoms with van der Waals surface area (Å²) >= 11 is 4.02. The highest BCUT2D eigenvalue weighted by molar-refractivity contribution is 7.83. The first-order valence-corrected chi connectivity index (χ1v) is 10.5. The maximum atomic E-state index is 4.68. The first-order chi connectivity index (χ1) is 12.8. The van der Waals surface area contributed by atoms with E-state index in [2.05, 4.69) is 67.9 Å². The number of allylic oxidation sites excluding steroid dienone is 11. The van der Waals surface area contributed by atoms with Crippen LogP contribution >= 0.6 is 12.6 Å². The quantitative estimate of drug-likeness (QED) is 0.138. The molecule has 0 rings (SSSR count). The molecule has 0 saturated heterocycles. The van der Waals surface area contributed by atoms with Gasteiger partial charge in [0.05, 0.1) is 0 Å². The van der Waals surface area contributed by atoms with Gasteiger partial charge in [0.2, 0.25) is 0 Å². The van der Waals surface area contributed by atoms with Crippen LogP contribution in [0, 0.1) is 0 Å². The average molecular weight is 372 g/mol. The molecule has 0 bridgehead atoms. The van der Waals surface area contributed by atoms with Crippen LogP contribution in [0.3, 0.4) is 0 Å². The van der Waals surface area contributed by atoms with E-state index >= 15 is 0 Å². The molecule has 0 heterocycles. The van der Waals surface area contributed by atoms with E-state index in [4.69, 9.17) is 0 Å². The Morgan fingerprint density at radius 3 is 2.38 bits per heavy atom. The summed E-state index contributed by atoms with van der Waals surface area (Å²) in [4.78, 5) is 4.68. The average Bonchev–Trinajstić information content (AvgIpc) is 2.64. The Kier molecular flexibility index (Phi) is 18.6. The van der Waals surface area contributed by atoms with Gasteiger partial charge in [0.15, 0.2) is 0 Å². The van der Waals surface area contributed by atoms with Crippen molar-refractivity contribution in [1.29, 1.82) is 0 Å². The molecule has 0 aliphatic heterocycles. The van der Waals surface area contributed by atoms with Gasteiger partial charge in [0, 0.05) is 12.3 Å². The van der Waals surface area contributed by atoms with Crippen LogP contribution in [0.25, 0.3) is 0 Å². The van der Waals surface area contributed by atoms with E-state index in [1.807, 2.05) is 31.2 Å². The number of hydrogen-bond acceptors (Lipinski definition) is 2. The summed E-state index contributed by atoms with van der Waals surface area (Å²) in [6.45, 7) is 7.32. The lowest BCUT2D eigenvalue weighted by Crippen LogP contribution is -1.99. The minimum atomic E-state index is 0.902. The molecule has 0 unspecified atom stereocenters. The van der Waals surface area contributed by atoms with E-state index in [0.29, 0.717) is 0 Å². The molecular formula is C24H37NS. The summed E-state index contributed by atoms with van der Waals surface area (Å²) in [5, 5.41) is 1.72. The van der Waals surface area contributed by atoms with Crippen LogP contribution in [-0.4, -0.2) is 12.3 Å². The summed E-state index contributed by atoms with van der Waals surface area (Å²) in [6.07, 6.45) is 29.2. The Hall–Kier alpha value is -1.54. The van der Waals surface area contributed by atoms with Crippen LogP contribution in [0.1, 0.15) is 65.7 Å². The van der Waals surface area contributed by atoms with Crippen molar-refractivity contribution in [3.63, 3.8) is 0 Å². The lowest BCUT2D eigenvalue weighted by molar-refractivity contribution is 0.679. The van der Waals surface area contributed by atoms with Crippen molar-refractivity contribution >= 4 is 18.3 Å². The molecule has 0 amide bonds. The molecule has 26 heavy (non-hydrogen) atoms. The summed E-state index contributed by atoms with van der Waals surface area (Å²) in [6, 6.07) is 0. The summed E-state index contributed by atoms with van der Waals surface area (Å²) in [5.41, 5.74) is 2.57. The fourth-order valence-electron chi connectivity index (χ4n) is 2.49. The van der Waals surface area contributed by atoms with E-state index in [1.165, 1.54) is 37.0 Å². The normalized spacial score (nSPS) is 14.3. The highest BCUT2D eigenvalue weighted by Crippen LogP contribution is 2.08. The van der Waals surface area contributed by atoms with Gasteiger partial charge in [-0.15, -0.1) is 0 Å². The minimum absolute atomic E-state index is 0.902. The lowest BCUT2D eigenvalue weighted by Gasteiger charge is -2.04. The molecule has 0 fully saturated rings. The zero-order chi connectivity index (χ0) is 19.3. The molecule has 0 spiro atoms.